The van der Waals surface area contributed by atoms with Crippen LogP contribution in [-0.2, 0) is 0 Å². The summed E-state index contributed by atoms with van der Waals surface area (Å²) in [5, 5.41) is 8.09. The zero-order valence-electron chi connectivity index (χ0n) is 9.08. The third-order valence-corrected chi connectivity index (χ3v) is 3.22. The SMILES string of the molecule is N#Cc1ccc(-n2c(=O)[nH]c(Cl)c(F)c2=O)c(Br)c1. The molecule has 0 aliphatic heterocycles. The maximum atomic E-state index is 13.4. The molecule has 5 nitrogen and oxygen atoms in total. The van der Waals surface area contributed by atoms with Crippen LogP contribution < -0.4 is 11.2 Å². The Kier molecular flexibility index (Phi) is 3.55. The summed E-state index contributed by atoms with van der Waals surface area (Å²) in [5.41, 5.74) is -1.60. The van der Waals surface area contributed by atoms with E-state index in [9.17, 15) is 14.0 Å². The van der Waals surface area contributed by atoms with Crippen LogP contribution in [0.1, 0.15) is 5.56 Å². The zero-order chi connectivity index (χ0) is 14.2. The molecule has 96 valence electrons. The van der Waals surface area contributed by atoms with Crippen LogP contribution in [0, 0.1) is 17.1 Å². The summed E-state index contributed by atoms with van der Waals surface area (Å²) in [6.45, 7) is 0. The highest BCUT2D eigenvalue weighted by atomic mass is 79.9. The van der Waals surface area contributed by atoms with Gasteiger partial charge in [0.2, 0.25) is 5.82 Å². The summed E-state index contributed by atoms with van der Waals surface area (Å²) in [5.74, 6) is -1.25. The standard InChI is InChI=1S/C11H4BrClFN3O2/c12-6-3-5(4-15)1-2-7(6)17-10(18)8(14)9(13)16-11(17)19/h1-3H,(H,16,19). The fraction of sp³-hybridized carbons (Fsp3) is 0. The molecule has 0 bridgehead atoms. The van der Waals surface area contributed by atoms with E-state index in [2.05, 4.69) is 15.9 Å². The molecule has 0 spiro atoms. The van der Waals surface area contributed by atoms with Gasteiger partial charge in [0.25, 0.3) is 5.56 Å². The first kappa shape index (κ1) is 13.5. The predicted octanol–water partition coefficient (Wildman–Crippen LogP) is 1.95. The number of nitriles is 1. The molecule has 0 atom stereocenters. The number of hydrogen-bond donors (Lipinski definition) is 1. The molecule has 0 unspecified atom stereocenters. The third-order valence-electron chi connectivity index (χ3n) is 2.32. The van der Waals surface area contributed by atoms with Gasteiger partial charge in [-0.25, -0.2) is 9.36 Å². The van der Waals surface area contributed by atoms with Crippen molar-refractivity contribution in [2.45, 2.75) is 0 Å². The van der Waals surface area contributed by atoms with Crippen LogP contribution in [-0.4, -0.2) is 9.55 Å². The summed E-state index contributed by atoms with van der Waals surface area (Å²) in [7, 11) is 0. The fourth-order valence-corrected chi connectivity index (χ4v) is 2.18. The molecule has 1 heterocycles. The predicted molar refractivity (Wildman–Crippen MR) is 70.0 cm³/mol. The average molecular weight is 345 g/mol. The molecule has 0 aliphatic carbocycles. The van der Waals surface area contributed by atoms with Gasteiger partial charge in [0.05, 0.1) is 17.3 Å². The van der Waals surface area contributed by atoms with Crippen LogP contribution in [0.3, 0.4) is 0 Å². The Balaban J connectivity index is 2.81. The minimum absolute atomic E-state index is 0.112. The Morgan fingerprint density at radius 1 is 1.42 bits per heavy atom. The topological polar surface area (TPSA) is 78.7 Å². The number of nitrogens with zero attached hydrogens (tertiary/aromatic N) is 2. The van der Waals surface area contributed by atoms with Crippen LogP contribution in [0.2, 0.25) is 5.15 Å². The second-order valence-electron chi connectivity index (χ2n) is 3.48. The number of aromatic nitrogens is 2. The van der Waals surface area contributed by atoms with Gasteiger partial charge in [-0.1, -0.05) is 11.6 Å². The molecule has 0 saturated heterocycles. The molecule has 0 saturated carbocycles. The lowest BCUT2D eigenvalue weighted by Gasteiger charge is -2.07. The molecule has 8 heteroatoms. The molecular weight excluding hydrogens is 340 g/mol. The fourth-order valence-electron chi connectivity index (χ4n) is 1.47. The van der Waals surface area contributed by atoms with Gasteiger partial charge in [0.1, 0.15) is 0 Å². The van der Waals surface area contributed by atoms with Crippen molar-refractivity contribution >= 4 is 27.5 Å². The van der Waals surface area contributed by atoms with Gasteiger partial charge < -0.3 is 0 Å². The number of halogens is 3. The van der Waals surface area contributed by atoms with Crippen molar-refractivity contribution in [2.75, 3.05) is 0 Å². The number of hydrogen-bond acceptors (Lipinski definition) is 3. The van der Waals surface area contributed by atoms with Gasteiger partial charge in [0, 0.05) is 4.47 Å². The van der Waals surface area contributed by atoms with E-state index in [-0.39, 0.29) is 5.69 Å². The summed E-state index contributed by atoms with van der Waals surface area (Å²) < 4.78 is 14.3. The molecule has 1 N–H and O–H groups in total. The Labute approximate surface area is 119 Å². The van der Waals surface area contributed by atoms with Crippen LogP contribution in [0.4, 0.5) is 4.39 Å². The third kappa shape index (κ3) is 2.32. The van der Waals surface area contributed by atoms with Gasteiger partial charge in [-0.15, -0.1) is 0 Å². The maximum absolute atomic E-state index is 13.4. The van der Waals surface area contributed by atoms with E-state index in [4.69, 9.17) is 16.9 Å². The van der Waals surface area contributed by atoms with E-state index in [1.54, 1.807) is 0 Å². The highest BCUT2D eigenvalue weighted by molar-refractivity contribution is 9.10. The number of aromatic amines is 1. The van der Waals surface area contributed by atoms with Gasteiger partial charge in [-0.2, -0.15) is 9.65 Å². The summed E-state index contributed by atoms with van der Waals surface area (Å²) in [6.07, 6.45) is 0. The lowest BCUT2D eigenvalue weighted by atomic mass is 10.2. The largest absolute Gasteiger partial charge is 0.334 e. The van der Waals surface area contributed by atoms with E-state index in [1.807, 2.05) is 11.1 Å². The zero-order valence-corrected chi connectivity index (χ0v) is 11.4. The molecule has 2 aromatic rings. The smallest absolute Gasteiger partial charge is 0.295 e. The van der Waals surface area contributed by atoms with Crippen molar-refractivity contribution in [2.24, 2.45) is 0 Å². The Morgan fingerprint density at radius 2 is 2.11 bits per heavy atom. The summed E-state index contributed by atoms with van der Waals surface area (Å²) in [4.78, 5) is 25.4. The van der Waals surface area contributed by atoms with Gasteiger partial charge in [0.15, 0.2) is 5.15 Å². The minimum atomic E-state index is -1.25. The molecule has 0 radical (unpaired) electrons. The van der Waals surface area contributed by atoms with Crippen LogP contribution in [0.5, 0.6) is 0 Å². The summed E-state index contributed by atoms with van der Waals surface area (Å²) in [6, 6.07) is 6.06. The van der Waals surface area contributed by atoms with E-state index in [1.165, 1.54) is 18.2 Å². The van der Waals surface area contributed by atoms with Gasteiger partial charge in [-0.3, -0.25) is 9.78 Å². The van der Waals surface area contributed by atoms with Gasteiger partial charge in [-0.05, 0) is 34.1 Å². The second-order valence-corrected chi connectivity index (χ2v) is 4.71. The maximum Gasteiger partial charge on any atom is 0.334 e. The van der Waals surface area contributed by atoms with Crippen molar-refractivity contribution in [1.82, 2.24) is 9.55 Å². The van der Waals surface area contributed by atoms with Gasteiger partial charge >= 0.3 is 5.69 Å². The normalized spacial score (nSPS) is 10.2. The van der Waals surface area contributed by atoms with E-state index < -0.39 is 22.2 Å². The van der Waals surface area contributed by atoms with Crippen molar-refractivity contribution in [3.8, 4) is 11.8 Å². The quantitative estimate of drug-likeness (QED) is 0.803. The van der Waals surface area contributed by atoms with Crippen molar-refractivity contribution in [3.05, 3.63) is 60.0 Å². The first-order valence-corrected chi connectivity index (χ1v) is 6.03. The number of rotatable bonds is 1. The second kappa shape index (κ2) is 4.99. The highest BCUT2D eigenvalue weighted by Gasteiger charge is 2.15. The lowest BCUT2D eigenvalue weighted by molar-refractivity contribution is 0.584. The van der Waals surface area contributed by atoms with Crippen molar-refractivity contribution in [3.63, 3.8) is 0 Å². The Morgan fingerprint density at radius 3 is 2.68 bits per heavy atom. The van der Waals surface area contributed by atoms with E-state index in [0.29, 0.717) is 14.6 Å². The molecule has 0 fully saturated rings. The Hall–Kier alpha value is -1.91. The van der Waals surface area contributed by atoms with Crippen molar-refractivity contribution in [1.29, 1.82) is 5.26 Å². The van der Waals surface area contributed by atoms with Crippen molar-refractivity contribution < 1.29 is 4.39 Å². The molecule has 0 aliphatic rings. The first-order valence-electron chi connectivity index (χ1n) is 4.86. The minimum Gasteiger partial charge on any atom is -0.295 e. The summed E-state index contributed by atoms with van der Waals surface area (Å²) >= 11 is 8.48. The molecule has 19 heavy (non-hydrogen) atoms. The van der Waals surface area contributed by atoms with Crippen LogP contribution >= 0.6 is 27.5 Å². The van der Waals surface area contributed by atoms with Crippen LogP contribution in [0.15, 0.2) is 32.3 Å². The molecule has 0 amide bonds. The Bertz CT molecular complexity index is 822. The molecular formula is C11H4BrClFN3O2. The van der Waals surface area contributed by atoms with Crippen LogP contribution in [0.25, 0.3) is 5.69 Å². The average Bonchev–Trinajstić information content (AvgIpc) is 2.38. The molecule has 1 aromatic carbocycles. The first-order chi connectivity index (χ1) is 8.95. The van der Waals surface area contributed by atoms with E-state index in [0.717, 1.165) is 0 Å². The highest BCUT2D eigenvalue weighted by Crippen LogP contribution is 2.20. The monoisotopic (exact) mass is 343 g/mol. The number of nitrogens with one attached hydrogen (secondary N) is 1. The number of benzene rings is 1. The molecule has 2 rings (SSSR count). The number of H-pyrrole nitrogens is 1. The van der Waals surface area contributed by atoms with E-state index >= 15 is 0 Å². The lowest BCUT2D eigenvalue weighted by Crippen LogP contribution is -2.36. The molecule has 1 aromatic heterocycles.